The molecule has 1 rings (SSSR count). The summed E-state index contributed by atoms with van der Waals surface area (Å²) in [5.41, 5.74) is 5.54. The van der Waals surface area contributed by atoms with Crippen molar-refractivity contribution in [3.05, 3.63) is 0 Å². The van der Waals surface area contributed by atoms with E-state index in [-0.39, 0.29) is 17.4 Å². The molecule has 3 heteroatoms. The smallest absolute Gasteiger partial charge is 0.223 e. The van der Waals surface area contributed by atoms with Crippen LogP contribution < -0.4 is 11.1 Å². The summed E-state index contributed by atoms with van der Waals surface area (Å²) in [6, 6.07) is 0. The molecule has 3 N–H and O–H groups in total. The van der Waals surface area contributed by atoms with Gasteiger partial charge in [0.05, 0.1) is 0 Å². The highest BCUT2D eigenvalue weighted by atomic mass is 16.2. The first-order valence-corrected chi connectivity index (χ1v) is 8.56. The van der Waals surface area contributed by atoms with Gasteiger partial charge in [0.15, 0.2) is 0 Å². The number of rotatable bonds is 8. The molecule has 1 aliphatic carbocycles. The zero-order valence-electron chi connectivity index (χ0n) is 13.7. The van der Waals surface area contributed by atoms with Crippen molar-refractivity contribution >= 4 is 5.91 Å². The average molecular weight is 282 g/mol. The van der Waals surface area contributed by atoms with Crippen molar-refractivity contribution in [2.75, 3.05) is 6.54 Å². The number of carbonyl (C=O) groups excluding carboxylic acids is 1. The Morgan fingerprint density at radius 1 is 1.25 bits per heavy atom. The van der Waals surface area contributed by atoms with Crippen LogP contribution in [0.4, 0.5) is 0 Å². The van der Waals surface area contributed by atoms with Crippen molar-refractivity contribution in [1.82, 2.24) is 5.32 Å². The van der Waals surface area contributed by atoms with Crippen LogP contribution in [0.1, 0.15) is 78.6 Å². The number of nitrogens with two attached hydrogens (primary N) is 1. The zero-order chi connectivity index (χ0) is 15.0. The molecule has 3 nitrogen and oxygen atoms in total. The molecule has 1 atom stereocenters. The van der Waals surface area contributed by atoms with E-state index in [1.54, 1.807) is 0 Å². The maximum Gasteiger partial charge on any atom is 0.223 e. The Hall–Kier alpha value is -0.570. The third-order valence-electron chi connectivity index (χ3n) is 5.08. The van der Waals surface area contributed by atoms with Gasteiger partial charge < -0.3 is 11.1 Å². The van der Waals surface area contributed by atoms with Gasteiger partial charge in [0.1, 0.15) is 0 Å². The Kier molecular flexibility index (Phi) is 7.57. The number of unbranched alkanes of at least 4 members (excludes halogenated alkanes) is 1. The van der Waals surface area contributed by atoms with Crippen molar-refractivity contribution in [2.24, 2.45) is 17.6 Å². The lowest BCUT2D eigenvalue weighted by Gasteiger charge is -2.34. The Morgan fingerprint density at radius 3 is 2.40 bits per heavy atom. The van der Waals surface area contributed by atoms with Crippen LogP contribution in [0.5, 0.6) is 0 Å². The predicted octanol–water partition coefficient (Wildman–Crippen LogP) is 3.62. The summed E-state index contributed by atoms with van der Waals surface area (Å²) >= 11 is 0. The number of nitrogens with one attached hydrogen (secondary N) is 1. The monoisotopic (exact) mass is 282 g/mol. The fourth-order valence-corrected chi connectivity index (χ4v) is 3.25. The van der Waals surface area contributed by atoms with Crippen LogP contribution in [0.15, 0.2) is 0 Å². The summed E-state index contributed by atoms with van der Waals surface area (Å²) in [7, 11) is 0. The molecule has 0 aromatic rings. The van der Waals surface area contributed by atoms with E-state index in [0.29, 0.717) is 6.54 Å². The van der Waals surface area contributed by atoms with E-state index in [9.17, 15) is 4.79 Å². The Morgan fingerprint density at radius 2 is 1.90 bits per heavy atom. The van der Waals surface area contributed by atoms with Crippen molar-refractivity contribution in [1.29, 1.82) is 0 Å². The van der Waals surface area contributed by atoms with Gasteiger partial charge in [-0.15, -0.1) is 0 Å². The van der Waals surface area contributed by atoms with Gasteiger partial charge >= 0.3 is 0 Å². The summed E-state index contributed by atoms with van der Waals surface area (Å²) in [6.45, 7) is 7.12. The first kappa shape index (κ1) is 17.5. The van der Waals surface area contributed by atoms with Gasteiger partial charge in [0.2, 0.25) is 5.91 Å². The fraction of sp³-hybridized carbons (Fsp3) is 0.941. The molecule has 0 aromatic carbocycles. The van der Waals surface area contributed by atoms with E-state index in [1.807, 2.05) is 0 Å². The summed E-state index contributed by atoms with van der Waals surface area (Å²) in [5, 5.41) is 3.25. The molecule has 118 valence electrons. The molecule has 0 saturated heterocycles. The van der Waals surface area contributed by atoms with E-state index in [4.69, 9.17) is 5.73 Å². The Bertz CT molecular complexity index is 285. The lowest BCUT2D eigenvalue weighted by molar-refractivity contribution is -0.128. The normalized spacial score (nSPS) is 26.0. The average Bonchev–Trinajstić information content (AvgIpc) is 2.45. The first-order valence-electron chi connectivity index (χ1n) is 8.56. The molecule has 0 aliphatic heterocycles. The topological polar surface area (TPSA) is 55.1 Å². The van der Waals surface area contributed by atoms with Crippen molar-refractivity contribution in [2.45, 2.75) is 84.1 Å². The molecule has 1 aliphatic rings. The van der Waals surface area contributed by atoms with Gasteiger partial charge in [-0.05, 0) is 57.9 Å². The molecule has 0 aromatic heterocycles. The first-order chi connectivity index (χ1) is 9.54. The van der Waals surface area contributed by atoms with Crippen LogP contribution in [-0.2, 0) is 4.79 Å². The minimum Gasteiger partial charge on any atom is -0.351 e. The zero-order valence-corrected chi connectivity index (χ0v) is 13.7. The van der Waals surface area contributed by atoms with Crippen LogP contribution in [0, 0.1) is 11.8 Å². The van der Waals surface area contributed by atoms with Crippen LogP contribution in [0.2, 0.25) is 0 Å². The SMILES string of the molecule is CCCCC1CCC(C(=O)NC(C)(CC)CCN)CC1. The molecular weight excluding hydrogens is 248 g/mol. The van der Waals surface area contributed by atoms with Crippen molar-refractivity contribution in [3.63, 3.8) is 0 Å². The number of hydrogen-bond donors (Lipinski definition) is 2. The molecule has 1 amide bonds. The fourth-order valence-electron chi connectivity index (χ4n) is 3.25. The maximum absolute atomic E-state index is 12.4. The molecule has 0 heterocycles. The minimum atomic E-state index is -0.120. The molecule has 1 unspecified atom stereocenters. The second kappa shape index (κ2) is 8.66. The third-order valence-corrected chi connectivity index (χ3v) is 5.08. The molecule has 0 bridgehead atoms. The van der Waals surface area contributed by atoms with E-state index < -0.39 is 0 Å². The molecule has 20 heavy (non-hydrogen) atoms. The lowest BCUT2D eigenvalue weighted by atomic mass is 9.79. The second-order valence-corrected chi connectivity index (χ2v) is 6.80. The quantitative estimate of drug-likeness (QED) is 0.714. The van der Waals surface area contributed by atoms with E-state index >= 15 is 0 Å². The predicted molar refractivity (Wildman–Crippen MR) is 85.5 cm³/mol. The highest BCUT2D eigenvalue weighted by molar-refractivity contribution is 5.79. The highest BCUT2D eigenvalue weighted by Gasteiger charge is 2.30. The summed E-state index contributed by atoms with van der Waals surface area (Å²) < 4.78 is 0. The van der Waals surface area contributed by atoms with Gasteiger partial charge in [0.25, 0.3) is 0 Å². The van der Waals surface area contributed by atoms with Gasteiger partial charge in [-0.2, -0.15) is 0 Å². The summed E-state index contributed by atoms with van der Waals surface area (Å²) in [4.78, 5) is 12.4. The summed E-state index contributed by atoms with van der Waals surface area (Å²) in [5.74, 6) is 1.36. The van der Waals surface area contributed by atoms with E-state index in [0.717, 1.165) is 31.6 Å². The standard InChI is InChI=1S/C17H34N2O/c1-4-6-7-14-8-10-15(11-9-14)16(20)19-17(3,5-2)12-13-18/h14-15H,4-13,18H2,1-3H3,(H,19,20). The number of carbonyl (C=O) groups is 1. The lowest BCUT2D eigenvalue weighted by Crippen LogP contribution is -2.49. The number of hydrogen-bond acceptors (Lipinski definition) is 2. The van der Waals surface area contributed by atoms with Crippen molar-refractivity contribution < 1.29 is 4.79 Å². The largest absolute Gasteiger partial charge is 0.351 e. The summed E-state index contributed by atoms with van der Waals surface area (Å²) in [6.07, 6.45) is 10.4. The third kappa shape index (κ3) is 5.43. The Balaban J connectivity index is 2.38. The molecule has 1 saturated carbocycles. The van der Waals surface area contributed by atoms with Crippen molar-refractivity contribution in [3.8, 4) is 0 Å². The number of amides is 1. The molecular formula is C17H34N2O. The van der Waals surface area contributed by atoms with Crippen LogP contribution >= 0.6 is 0 Å². The van der Waals surface area contributed by atoms with Gasteiger partial charge in [-0.1, -0.05) is 33.1 Å². The molecule has 0 spiro atoms. The highest BCUT2D eigenvalue weighted by Crippen LogP contribution is 2.32. The van der Waals surface area contributed by atoms with Crippen LogP contribution in [0.3, 0.4) is 0 Å². The van der Waals surface area contributed by atoms with E-state index in [2.05, 4.69) is 26.1 Å². The van der Waals surface area contributed by atoms with Gasteiger partial charge in [-0.3, -0.25) is 4.79 Å². The van der Waals surface area contributed by atoms with Gasteiger partial charge in [0, 0.05) is 11.5 Å². The van der Waals surface area contributed by atoms with Crippen LogP contribution in [0.25, 0.3) is 0 Å². The van der Waals surface area contributed by atoms with Gasteiger partial charge in [-0.25, -0.2) is 0 Å². The second-order valence-electron chi connectivity index (χ2n) is 6.80. The molecule has 0 radical (unpaired) electrons. The maximum atomic E-state index is 12.4. The Labute approximate surface area is 125 Å². The van der Waals surface area contributed by atoms with E-state index in [1.165, 1.54) is 32.1 Å². The van der Waals surface area contributed by atoms with Crippen LogP contribution in [-0.4, -0.2) is 18.0 Å². The minimum absolute atomic E-state index is 0.120. The molecule has 1 fully saturated rings.